The minimum absolute atomic E-state index is 0.0387. The Kier molecular flexibility index (Phi) is 3.37. The molecule has 0 saturated carbocycles. The van der Waals surface area contributed by atoms with Crippen molar-refractivity contribution in [3.63, 3.8) is 0 Å². The molecule has 0 unspecified atom stereocenters. The molecule has 2 aliphatic heterocycles. The fourth-order valence-electron chi connectivity index (χ4n) is 3.52. The van der Waals surface area contributed by atoms with E-state index in [4.69, 9.17) is 4.84 Å². The SMILES string of the molecule is OC[C@@H]1C[C@@H]2CCCC[N@+]2(Cc2ccccc2)O1. The quantitative estimate of drug-likeness (QED) is 0.831. The Morgan fingerprint density at radius 3 is 2.83 bits per heavy atom. The number of hydroxylamine groups is 3. The zero-order valence-corrected chi connectivity index (χ0v) is 10.8. The standard InChI is InChI=1S/C15H22NO2/c17-12-15-10-14-8-4-5-9-16(14,18-15)11-13-6-2-1-3-7-13/h1-3,6-7,14-15,17H,4-5,8-12H2/q+1/t14-,15-,16+/m0/s1. The minimum atomic E-state index is 0.0387. The van der Waals surface area contributed by atoms with E-state index in [1.54, 1.807) is 0 Å². The van der Waals surface area contributed by atoms with Gasteiger partial charge in [0.25, 0.3) is 0 Å². The maximum absolute atomic E-state index is 9.36. The normalized spacial score (nSPS) is 35.4. The van der Waals surface area contributed by atoms with Crippen LogP contribution in [0, 0.1) is 0 Å². The molecule has 3 rings (SSSR count). The molecule has 0 amide bonds. The molecule has 2 saturated heterocycles. The summed E-state index contributed by atoms with van der Waals surface area (Å²) in [5.74, 6) is 0. The highest BCUT2D eigenvalue weighted by molar-refractivity contribution is 5.13. The third-order valence-electron chi connectivity index (χ3n) is 4.38. The molecule has 0 aromatic heterocycles. The monoisotopic (exact) mass is 248 g/mol. The Bertz CT molecular complexity index is 395. The van der Waals surface area contributed by atoms with Crippen LogP contribution in [0.4, 0.5) is 0 Å². The number of hydrogen-bond acceptors (Lipinski definition) is 2. The van der Waals surface area contributed by atoms with Gasteiger partial charge in [-0.05, 0) is 12.8 Å². The number of quaternary nitrogens is 1. The van der Waals surface area contributed by atoms with Gasteiger partial charge < -0.3 is 5.11 Å². The third-order valence-corrected chi connectivity index (χ3v) is 4.38. The summed E-state index contributed by atoms with van der Waals surface area (Å²) < 4.78 is 0.745. The molecule has 3 atom stereocenters. The summed E-state index contributed by atoms with van der Waals surface area (Å²) in [6.07, 6.45) is 4.84. The van der Waals surface area contributed by atoms with Gasteiger partial charge >= 0.3 is 0 Å². The summed E-state index contributed by atoms with van der Waals surface area (Å²) in [5.41, 5.74) is 1.34. The van der Waals surface area contributed by atoms with Crippen LogP contribution in [-0.2, 0) is 11.4 Å². The van der Waals surface area contributed by atoms with Crippen molar-refractivity contribution in [2.75, 3.05) is 13.2 Å². The first-order valence-electron chi connectivity index (χ1n) is 7.02. The Balaban J connectivity index is 1.81. The Hall–Kier alpha value is -0.900. The van der Waals surface area contributed by atoms with Crippen molar-refractivity contribution in [2.24, 2.45) is 0 Å². The van der Waals surface area contributed by atoms with Gasteiger partial charge in [-0.15, -0.1) is 0 Å². The van der Waals surface area contributed by atoms with Gasteiger partial charge in [0.05, 0.1) is 6.61 Å². The lowest BCUT2D eigenvalue weighted by molar-refractivity contribution is -1.12. The van der Waals surface area contributed by atoms with Crippen molar-refractivity contribution in [3.05, 3.63) is 35.9 Å². The van der Waals surface area contributed by atoms with E-state index < -0.39 is 0 Å². The van der Waals surface area contributed by atoms with E-state index in [2.05, 4.69) is 30.3 Å². The topological polar surface area (TPSA) is 29.5 Å². The van der Waals surface area contributed by atoms with Gasteiger partial charge in [0.2, 0.25) is 0 Å². The molecule has 2 aliphatic rings. The summed E-state index contributed by atoms with van der Waals surface area (Å²) in [6.45, 7) is 2.20. The van der Waals surface area contributed by atoms with Crippen LogP contribution in [0.3, 0.4) is 0 Å². The molecule has 0 radical (unpaired) electrons. The summed E-state index contributed by atoms with van der Waals surface area (Å²) >= 11 is 0. The van der Waals surface area contributed by atoms with Crippen molar-refractivity contribution >= 4 is 0 Å². The van der Waals surface area contributed by atoms with E-state index in [1.165, 1.54) is 24.8 Å². The molecule has 3 nitrogen and oxygen atoms in total. The highest BCUT2D eigenvalue weighted by Crippen LogP contribution is 2.38. The largest absolute Gasteiger partial charge is 0.393 e. The van der Waals surface area contributed by atoms with Gasteiger partial charge in [-0.3, -0.25) is 0 Å². The summed E-state index contributed by atoms with van der Waals surface area (Å²) in [6, 6.07) is 11.2. The number of benzene rings is 1. The molecular formula is C15H22NO2+. The fraction of sp³-hybridized carbons (Fsp3) is 0.600. The molecule has 0 bridgehead atoms. The predicted octanol–water partition coefficient (Wildman–Crippen LogP) is 2.25. The van der Waals surface area contributed by atoms with Crippen LogP contribution in [0.5, 0.6) is 0 Å². The first-order valence-corrected chi connectivity index (χ1v) is 7.02. The van der Waals surface area contributed by atoms with Crippen LogP contribution in [0.15, 0.2) is 30.3 Å². The molecule has 1 aromatic carbocycles. The molecule has 98 valence electrons. The average molecular weight is 248 g/mol. The van der Waals surface area contributed by atoms with Gasteiger partial charge in [-0.25, -0.2) is 0 Å². The molecule has 2 fully saturated rings. The van der Waals surface area contributed by atoms with E-state index >= 15 is 0 Å². The van der Waals surface area contributed by atoms with Crippen LogP contribution >= 0.6 is 0 Å². The van der Waals surface area contributed by atoms with Crippen LogP contribution in [0.2, 0.25) is 0 Å². The van der Waals surface area contributed by atoms with Crippen molar-refractivity contribution in [1.82, 2.24) is 0 Å². The Labute approximate surface area is 109 Å². The molecular weight excluding hydrogens is 226 g/mol. The highest BCUT2D eigenvalue weighted by atomic mass is 16.7. The van der Waals surface area contributed by atoms with E-state index in [9.17, 15) is 5.11 Å². The van der Waals surface area contributed by atoms with E-state index in [1.807, 2.05) is 0 Å². The van der Waals surface area contributed by atoms with Crippen molar-refractivity contribution in [2.45, 2.75) is 44.4 Å². The zero-order chi connectivity index (χ0) is 12.4. The highest BCUT2D eigenvalue weighted by Gasteiger charge is 2.50. The van der Waals surface area contributed by atoms with E-state index in [0.29, 0.717) is 6.04 Å². The lowest BCUT2D eigenvalue weighted by Crippen LogP contribution is -2.52. The second kappa shape index (κ2) is 5.00. The molecule has 1 N–H and O–H groups in total. The molecule has 3 heteroatoms. The number of fused-ring (bicyclic) bond motifs is 1. The summed E-state index contributed by atoms with van der Waals surface area (Å²) in [5, 5.41) is 9.36. The number of aliphatic hydroxyl groups excluding tert-OH is 1. The Morgan fingerprint density at radius 2 is 2.06 bits per heavy atom. The number of nitrogens with zero attached hydrogens (tertiary/aromatic N) is 1. The van der Waals surface area contributed by atoms with Crippen LogP contribution in [0.25, 0.3) is 0 Å². The first kappa shape index (κ1) is 12.2. The van der Waals surface area contributed by atoms with Gasteiger partial charge in [0, 0.05) is 18.4 Å². The predicted molar refractivity (Wildman–Crippen MR) is 69.5 cm³/mol. The van der Waals surface area contributed by atoms with Crippen LogP contribution in [0.1, 0.15) is 31.2 Å². The number of rotatable bonds is 3. The van der Waals surface area contributed by atoms with E-state index in [-0.39, 0.29) is 12.7 Å². The smallest absolute Gasteiger partial charge is 0.145 e. The second-order valence-corrected chi connectivity index (χ2v) is 5.61. The Morgan fingerprint density at radius 1 is 1.22 bits per heavy atom. The van der Waals surface area contributed by atoms with Gasteiger partial charge in [0.1, 0.15) is 25.2 Å². The fourth-order valence-corrected chi connectivity index (χ4v) is 3.52. The molecule has 2 heterocycles. The van der Waals surface area contributed by atoms with Crippen molar-refractivity contribution in [1.29, 1.82) is 0 Å². The summed E-state index contributed by atoms with van der Waals surface area (Å²) in [7, 11) is 0. The first-order chi connectivity index (χ1) is 8.82. The van der Waals surface area contributed by atoms with E-state index in [0.717, 1.165) is 24.2 Å². The third kappa shape index (κ3) is 2.18. The van der Waals surface area contributed by atoms with Crippen molar-refractivity contribution < 1.29 is 14.6 Å². The van der Waals surface area contributed by atoms with Gasteiger partial charge in [-0.1, -0.05) is 30.3 Å². The van der Waals surface area contributed by atoms with Gasteiger partial charge in [0.15, 0.2) is 0 Å². The number of aliphatic hydroxyl groups is 1. The molecule has 1 aromatic rings. The number of hydrogen-bond donors (Lipinski definition) is 1. The lowest BCUT2D eigenvalue weighted by Gasteiger charge is -2.39. The average Bonchev–Trinajstić information content (AvgIpc) is 2.78. The maximum atomic E-state index is 9.36. The maximum Gasteiger partial charge on any atom is 0.145 e. The van der Waals surface area contributed by atoms with Crippen LogP contribution < -0.4 is 0 Å². The molecule has 0 aliphatic carbocycles. The summed E-state index contributed by atoms with van der Waals surface area (Å²) in [4.78, 5) is 6.19. The molecule has 18 heavy (non-hydrogen) atoms. The van der Waals surface area contributed by atoms with Crippen LogP contribution in [-0.4, -0.2) is 35.1 Å². The molecule has 0 spiro atoms. The number of piperidine rings is 1. The second-order valence-electron chi connectivity index (χ2n) is 5.61. The minimum Gasteiger partial charge on any atom is -0.393 e. The van der Waals surface area contributed by atoms with Crippen molar-refractivity contribution in [3.8, 4) is 0 Å². The lowest BCUT2D eigenvalue weighted by atomic mass is 9.97. The zero-order valence-electron chi connectivity index (χ0n) is 10.8. The van der Waals surface area contributed by atoms with Gasteiger partial charge in [-0.2, -0.15) is 9.48 Å².